The molecule has 0 aromatic heterocycles. The van der Waals surface area contributed by atoms with Gasteiger partial charge in [-0.3, -0.25) is 19.4 Å². The number of amides is 2. The van der Waals surface area contributed by atoms with E-state index in [1.165, 1.54) is 16.0 Å². The molecule has 1 aliphatic carbocycles. The summed E-state index contributed by atoms with van der Waals surface area (Å²) in [6.07, 6.45) is 2.23. The lowest BCUT2D eigenvalue weighted by molar-refractivity contribution is -0.123. The molecule has 1 saturated carbocycles. The molecule has 2 aromatic rings. The van der Waals surface area contributed by atoms with Crippen molar-refractivity contribution in [1.29, 1.82) is 0 Å². The first-order chi connectivity index (χ1) is 15.4. The molecule has 0 atom stereocenters. The summed E-state index contributed by atoms with van der Waals surface area (Å²) in [5, 5.41) is 6.04. The van der Waals surface area contributed by atoms with E-state index < -0.39 is 0 Å². The van der Waals surface area contributed by atoms with Gasteiger partial charge in [0.2, 0.25) is 11.8 Å². The van der Waals surface area contributed by atoms with Gasteiger partial charge in [0.25, 0.3) is 0 Å². The fraction of sp³-hybridized carbons (Fsp3) is 0.440. The number of anilines is 1. The molecule has 0 spiro atoms. The Morgan fingerprint density at radius 1 is 0.906 bits per heavy atom. The van der Waals surface area contributed by atoms with Crippen LogP contribution < -0.4 is 10.6 Å². The lowest BCUT2D eigenvalue weighted by Crippen LogP contribution is -2.51. The van der Waals surface area contributed by atoms with Crippen LogP contribution in [-0.2, 0) is 9.59 Å². The van der Waals surface area contributed by atoms with Crippen molar-refractivity contribution in [2.75, 3.05) is 44.6 Å². The molecule has 0 radical (unpaired) electrons. The van der Waals surface area contributed by atoms with Crippen molar-refractivity contribution in [2.24, 2.45) is 0 Å². The molecule has 1 heterocycles. The third kappa shape index (κ3) is 6.82. The number of hydrogen-bond donors (Lipinski definition) is 2. The molecule has 7 heteroatoms. The van der Waals surface area contributed by atoms with E-state index in [0.29, 0.717) is 19.1 Å². The zero-order chi connectivity index (χ0) is 22.5. The van der Waals surface area contributed by atoms with Crippen LogP contribution in [0.4, 0.5) is 5.69 Å². The summed E-state index contributed by atoms with van der Waals surface area (Å²) in [4.78, 5) is 31.1. The summed E-state index contributed by atoms with van der Waals surface area (Å²) in [7, 11) is 0. The quantitative estimate of drug-likeness (QED) is 0.644. The second kappa shape index (κ2) is 10.5. The molecule has 2 aliphatic rings. The lowest BCUT2D eigenvalue weighted by Gasteiger charge is -2.33. The smallest absolute Gasteiger partial charge is 0.238 e. The lowest BCUT2D eigenvalue weighted by atomic mass is 10.2. The van der Waals surface area contributed by atoms with Gasteiger partial charge < -0.3 is 10.6 Å². The van der Waals surface area contributed by atoms with Crippen molar-refractivity contribution in [3.05, 3.63) is 53.6 Å². The number of piperazine rings is 1. The van der Waals surface area contributed by atoms with Gasteiger partial charge in [0.15, 0.2) is 0 Å². The number of aryl methyl sites for hydroxylation is 2. The van der Waals surface area contributed by atoms with Gasteiger partial charge in [-0.1, -0.05) is 29.5 Å². The molecule has 0 unspecified atom stereocenters. The average Bonchev–Trinajstić information content (AvgIpc) is 3.57. The van der Waals surface area contributed by atoms with Crippen LogP contribution in [0.25, 0.3) is 0 Å². The van der Waals surface area contributed by atoms with Gasteiger partial charge in [0.05, 0.1) is 13.1 Å². The SMILES string of the molecule is Cc1ccc(Sc2ccc(NC(=O)CN3CCN(CC(=O)NC4CC4)CC3)cc2)c(C)c1. The summed E-state index contributed by atoms with van der Waals surface area (Å²) in [5.74, 6) is 0.123. The Labute approximate surface area is 194 Å². The predicted octanol–water partition coefficient (Wildman–Crippen LogP) is 3.29. The molecular weight excluding hydrogens is 420 g/mol. The maximum Gasteiger partial charge on any atom is 0.238 e. The minimum absolute atomic E-state index is 0.000270. The predicted molar refractivity (Wildman–Crippen MR) is 129 cm³/mol. The van der Waals surface area contributed by atoms with Crippen LogP contribution in [0.15, 0.2) is 52.3 Å². The second-order valence-corrected chi connectivity index (χ2v) is 9.95. The molecule has 2 aromatic carbocycles. The highest BCUT2D eigenvalue weighted by Crippen LogP contribution is 2.31. The largest absolute Gasteiger partial charge is 0.352 e. The highest BCUT2D eigenvalue weighted by molar-refractivity contribution is 7.99. The van der Waals surface area contributed by atoms with E-state index in [2.05, 4.69) is 52.5 Å². The Hall–Kier alpha value is -2.35. The summed E-state index contributed by atoms with van der Waals surface area (Å²) in [6.45, 7) is 8.31. The van der Waals surface area contributed by atoms with Crippen LogP contribution in [-0.4, -0.2) is 66.9 Å². The van der Waals surface area contributed by atoms with E-state index in [4.69, 9.17) is 0 Å². The summed E-state index contributed by atoms with van der Waals surface area (Å²) >= 11 is 1.74. The third-order valence-corrected chi connectivity index (χ3v) is 7.02. The van der Waals surface area contributed by atoms with Gasteiger partial charge in [0.1, 0.15) is 0 Å². The average molecular weight is 453 g/mol. The molecule has 0 bridgehead atoms. The van der Waals surface area contributed by atoms with E-state index >= 15 is 0 Å². The van der Waals surface area contributed by atoms with Crippen LogP contribution in [0.1, 0.15) is 24.0 Å². The summed E-state index contributed by atoms with van der Waals surface area (Å²) in [6, 6.07) is 14.9. The van der Waals surface area contributed by atoms with Crippen LogP contribution in [0.2, 0.25) is 0 Å². The Morgan fingerprint density at radius 2 is 1.53 bits per heavy atom. The highest BCUT2D eigenvalue weighted by atomic mass is 32.2. The van der Waals surface area contributed by atoms with E-state index in [9.17, 15) is 9.59 Å². The van der Waals surface area contributed by atoms with E-state index in [1.807, 2.05) is 24.3 Å². The number of benzene rings is 2. The standard InChI is InChI=1S/C25H32N4O2S/c1-18-3-10-23(19(2)15-18)32-22-8-6-21(7-9-22)27-25(31)17-29-13-11-28(12-14-29)16-24(30)26-20-4-5-20/h3,6-10,15,20H,4-5,11-14,16-17H2,1-2H3,(H,26,30)(H,27,31). The summed E-state index contributed by atoms with van der Waals surface area (Å²) < 4.78 is 0. The molecule has 2 N–H and O–H groups in total. The molecular formula is C25H32N4O2S. The molecule has 32 heavy (non-hydrogen) atoms. The maximum absolute atomic E-state index is 12.5. The fourth-order valence-corrected chi connectivity index (χ4v) is 4.74. The van der Waals surface area contributed by atoms with Crippen molar-refractivity contribution in [2.45, 2.75) is 42.5 Å². The van der Waals surface area contributed by atoms with Gasteiger partial charge in [-0.2, -0.15) is 0 Å². The molecule has 4 rings (SSSR count). The van der Waals surface area contributed by atoms with Crippen molar-refractivity contribution in [3.63, 3.8) is 0 Å². The van der Waals surface area contributed by atoms with Crippen LogP contribution in [0.3, 0.4) is 0 Å². The van der Waals surface area contributed by atoms with Crippen LogP contribution >= 0.6 is 11.8 Å². The fourth-order valence-electron chi connectivity index (χ4n) is 3.86. The second-order valence-electron chi connectivity index (χ2n) is 8.84. The molecule has 1 aliphatic heterocycles. The Balaban J connectivity index is 1.19. The number of carbonyl (C=O) groups is 2. The number of nitrogens with zero attached hydrogens (tertiary/aromatic N) is 2. The van der Waals surface area contributed by atoms with Gasteiger partial charge in [-0.15, -0.1) is 0 Å². The van der Waals surface area contributed by atoms with Gasteiger partial charge in [-0.05, 0) is 62.6 Å². The first-order valence-corrected chi connectivity index (χ1v) is 12.2. The van der Waals surface area contributed by atoms with Crippen molar-refractivity contribution < 1.29 is 9.59 Å². The minimum Gasteiger partial charge on any atom is -0.352 e. The van der Waals surface area contributed by atoms with E-state index in [-0.39, 0.29) is 11.8 Å². The van der Waals surface area contributed by atoms with Gasteiger partial charge >= 0.3 is 0 Å². The Morgan fingerprint density at radius 3 is 2.12 bits per heavy atom. The molecule has 1 saturated heterocycles. The molecule has 2 amide bonds. The summed E-state index contributed by atoms with van der Waals surface area (Å²) in [5.41, 5.74) is 3.36. The van der Waals surface area contributed by atoms with Crippen molar-refractivity contribution >= 4 is 29.3 Å². The Bertz CT molecular complexity index is 951. The Kier molecular flexibility index (Phi) is 7.50. The monoisotopic (exact) mass is 452 g/mol. The van der Waals surface area contributed by atoms with Crippen molar-refractivity contribution in [1.82, 2.24) is 15.1 Å². The van der Waals surface area contributed by atoms with Gasteiger partial charge in [-0.25, -0.2) is 0 Å². The first-order valence-electron chi connectivity index (χ1n) is 11.3. The normalized spacial score (nSPS) is 17.2. The highest BCUT2D eigenvalue weighted by Gasteiger charge is 2.25. The van der Waals surface area contributed by atoms with Gasteiger partial charge in [0, 0.05) is 47.7 Å². The zero-order valence-corrected chi connectivity index (χ0v) is 19.7. The topological polar surface area (TPSA) is 64.7 Å². The molecule has 6 nitrogen and oxygen atoms in total. The molecule has 2 fully saturated rings. The van der Waals surface area contributed by atoms with Crippen LogP contribution in [0, 0.1) is 13.8 Å². The minimum atomic E-state index is -0.000270. The number of nitrogens with one attached hydrogen (secondary N) is 2. The van der Waals surface area contributed by atoms with Crippen LogP contribution in [0.5, 0.6) is 0 Å². The number of carbonyl (C=O) groups excluding carboxylic acids is 2. The number of hydrogen-bond acceptors (Lipinski definition) is 5. The van der Waals surface area contributed by atoms with E-state index in [0.717, 1.165) is 49.6 Å². The zero-order valence-electron chi connectivity index (χ0n) is 18.9. The third-order valence-electron chi connectivity index (χ3n) is 5.84. The molecule has 170 valence electrons. The number of rotatable bonds is 8. The first kappa shape index (κ1) is 22.8. The van der Waals surface area contributed by atoms with E-state index in [1.54, 1.807) is 11.8 Å². The maximum atomic E-state index is 12.5. The van der Waals surface area contributed by atoms with Crippen molar-refractivity contribution in [3.8, 4) is 0 Å².